The summed E-state index contributed by atoms with van der Waals surface area (Å²) in [4.78, 5) is 14.1. The number of ether oxygens (including phenoxy) is 1. The number of rotatable bonds is 4. The molecule has 2 saturated heterocycles. The number of carbonyl (C=O) groups excluding carboxylic acids is 1. The number of carbonyl (C=O) groups is 1. The van der Waals surface area contributed by atoms with Gasteiger partial charge in [0.15, 0.2) is 0 Å². The van der Waals surface area contributed by atoms with E-state index >= 15 is 0 Å². The molecule has 1 N–H and O–H groups in total. The number of piperidine rings is 1. The Morgan fingerprint density at radius 2 is 2.04 bits per heavy atom. The first-order chi connectivity index (χ1) is 11.7. The minimum absolute atomic E-state index is 0.000761. The maximum absolute atomic E-state index is 12.1. The summed E-state index contributed by atoms with van der Waals surface area (Å²) in [5.41, 5.74) is 1.43. The third-order valence-electron chi connectivity index (χ3n) is 5.45. The molecule has 4 heteroatoms. The van der Waals surface area contributed by atoms with Gasteiger partial charge >= 0.3 is 6.03 Å². The number of hydrogen-bond acceptors (Lipinski definition) is 2. The number of benzene rings is 1. The second kappa shape index (κ2) is 8.02. The number of nitrogens with zero attached hydrogens (tertiary/aromatic N) is 1. The molecule has 2 fully saturated rings. The third-order valence-corrected chi connectivity index (χ3v) is 5.45. The van der Waals surface area contributed by atoms with Gasteiger partial charge in [-0.25, -0.2) is 4.79 Å². The minimum Gasteiger partial charge on any atom is -0.375 e. The molecule has 4 nitrogen and oxygen atoms in total. The maximum atomic E-state index is 12.1. The van der Waals surface area contributed by atoms with Crippen LogP contribution in [0.25, 0.3) is 0 Å². The largest absolute Gasteiger partial charge is 0.375 e. The normalized spacial score (nSPS) is 23.2. The molecule has 1 unspecified atom stereocenters. The number of nitrogens with one attached hydrogen (secondary N) is 1. The van der Waals surface area contributed by atoms with Crippen LogP contribution in [0.15, 0.2) is 30.3 Å². The Morgan fingerprint density at radius 3 is 2.75 bits per heavy atom. The second-order valence-corrected chi connectivity index (χ2v) is 7.30. The SMILES string of the molecule is CCCNC(=O)N1CCC2(CC1)CC(Cc1ccccc1)CCO2. The highest BCUT2D eigenvalue weighted by atomic mass is 16.5. The lowest BCUT2D eigenvalue weighted by molar-refractivity contribution is -0.122. The van der Waals surface area contributed by atoms with E-state index < -0.39 is 0 Å². The molecule has 0 aliphatic carbocycles. The Labute approximate surface area is 145 Å². The zero-order valence-electron chi connectivity index (χ0n) is 14.8. The fourth-order valence-corrected chi connectivity index (χ4v) is 4.06. The van der Waals surface area contributed by atoms with Crippen molar-refractivity contribution in [3.63, 3.8) is 0 Å². The van der Waals surface area contributed by atoms with Gasteiger partial charge in [-0.2, -0.15) is 0 Å². The van der Waals surface area contributed by atoms with Crippen molar-refractivity contribution in [2.45, 2.75) is 51.0 Å². The van der Waals surface area contributed by atoms with Gasteiger partial charge in [-0.1, -0.05) is 37.3 Å². The molecule has 1 aromatic carbocycles. The molecule has 0 saturated carbocycles. The van der Waals surface area contributed by atoms with Crippen LogP contribution in [0.3, 0.4) is 0 Å². The van der Waals surface area contributed by atoms with Gasteiger partial charge in [-0.05, 0) is 50.0 Å². The van der Waals surface area contributed by atoms with Crippen LogP contribution in [0.5, 0.6) is 0 Å². The minimum atomic E-state index is -0.000761. The smallest absolute Gasteiger partial charge is 0.317 e. The van der Waals surface area contributed by atoms with Crippen LogP contribution in [0, 0.1) is 5.92 Å². The Kier molecular flexibility index (Phi) is 5.77. The number of hydrogen-bond donors (Lipinski definition) is 1. The van der Waals surface area contributed by atoms with Crippen LogP contribution in [-0.4, -0.2) is 42.8 Å². The van der Waals surface area contributed by atoms with Crippen LogP contribution in [0.2, 0.25) is 0 Å². The Bertz CT molecular complexity index is 524. The summed E-state index contributed by atoms with van der Waals surface area (Å²) < 4.78 is 6.23. The van der Waals surface area contributed by atoms with Crippen molar-refractivity contribution in [1.82, 2.24) is 10.2 Å². The van der Waals surface area contributed by atoms with Crippen molar-refractivity contribution < 1.29 is 9.53 Å². The van der Waals surface area contributed by atoms with Crippen molar-refractivity contribution in [3.05, 3.63) is 35.9 Å². The van der Waals surface area contributed by atoms with E-state index in [1.807, 2.05) is 4.90 Å². The van der Waals surface area contributed by atoms with E-state index in [4.69, 9.17) is 4.74 Å². The lowest BCUT2D eigenvalue weighted by Crippen LogP contribution is -2.53. The van der Waals surface area contributed by atoms with Gasteiger partial charge in [0.2, 0.25) is 0 Å². The Balaban J connectivity index is 1.52. The number of urea groups is 1. The van der Waals surface area contributed by atoms with Crippen LogP contribution >= 0.6 is 0 Å². The van der Waals surface area contributed by atoms with Crippen molar-refractivity contribution >= 4 is 6.03 Å². The lowest BCUT2D eigenvalue weighted by atomic mass is 9.77. The molecule has 24 heavy (non-hydrogen) atoms. The predicted octanol–water partition coefficient (Wildman–Crippen LogP) is 3.61. The molecule has 0 aromatic heterocycles. The van der Waals surface area contributed by atoms with Gasteiger partial charge in [-0.3, -0.25) is 0 Å². The first-order valence-electron chi connectivity index (χ1n) is 9.41. The van der Waals surface area contributed by atoms with Crippen molar-refractivity contribution in [2.75, 3.05) is 26.2 Å². The quantitative estimate of drug-likeness (QED) is 0.916. The molecule has 0 bridgehead atoms. The summed E-state index contributed by atoms with van der Waals surface area (Å²) in [6.07, 6.45) is 6.35. The second-order valence-electron chi connectivity index (χ2n) is 7.30. The van der Waals surface area contributed by atoms with Crippen molar-refractivity contribution in [2.24, 2.45) is 5.92 Å². The summed E-state index contributed by atoms with van der Waals surface area (Å²) >= 11 is 0. The molecule has 2 aliphatic heterocycles. The summed E-state index contributed by atoms with van der Waals surface area (Å²) in [5, 5.41) is 2.98. The van der Waals surface area contributed by atoms with E-state index in [1.54, 1.807) is 0 Å². The molecular weight excluding hydrogens is 300 g/mol. The van der Waals surface area contributed by atoms with Gasteiger partial charge in [0, 0.05) is 26.2 Å². The van der Waals surface area contributed by atoms with Crippen molar-refractivity contribution in [3.8, 4) is 0 Å². The first-order valence-corrected chi connectivity index (χ1v) is 9.41. The molecular formula is C20H30N2O2. The highest BCUT2D eigenvalue weighted by molar-refractivity contribution is 5.74. The van der Waals surface area contributed by atoms with E-state index in [-0.39, 0.29) is 11.6 Å². The first kappa shape index (κ1) is 17.3. The Morgan fingerprint density at radius 1 is 1.29 bits per heavy atom. The maximum Gasteiger partial charge on any atom is 0.317 e. The van der Waals surface area contributed by atoms with Crippen LogP contribution in [0.1, 0.15) is 44.6 Å². The molecule has 1 aromatic rings. The highest BCUT2D eigenvalue weighted by Gasteiger charge is 2.41. The van der Waals surface area contributed by atoms with Gasteiger partial charge in [-0.15, -0.1) is 0 Å². The number of likely N-dealkylation sites (tertiary alicyclic amines) is 1. The van der Waals surface area contributed by atoms with E-state index in [9.17, 15) is 4.79 Å². The van der Waals surface area contributed by atoms with Crippen LogP contribution in [0.4, 0.5) is 4.79 Å². The Hall–Kier alpha value is -1.55. The molecule has 2 aliphatic rings. The highest BCUT2D eigenvalue weighted by Crippen LogP contribution is 2.38. The van der Waals surface area contributed by atoms with Crippen LogP contribution < -0.4 is 5.32 Å². The fraction of sp³-hybridized carbons (Fsp3) is 0.650. The summed E-state index contributed by atoms with van der Waals surface area (Å²) in [5.74, 6) is 0.696. The van der Waals surface area contributed by atoms with E-state index in [2.05, 4.69) is 42.6 Å². The predicted molar refractivity (Wildman–Crippen MR) is 96.0 cm³/mol. The summed E-state index contributed by atoms with van der Waals surface area (Å²) in [6, 6.07) is 10.9. The summed E-state index contributed by atoms with van der Waals surface area (Å²) in [7, 11) is 0. The molecule has 3 rings (SSSR count). The van der Waals surface area contributed by atoms with E-state index in [0.29, 0.717) is 5.92 Å². The average Bonchev–Trinajstić information content (AvgIpc) is 2.61. The average molecular weight is 330 g/mol. The van der Waals surface area contributed by atoms with Gasteiger partial charge in [0.1, 0.15) is 0 Å². The van der Waals surface area contributed by atoms with Gasteiger partial charge in [0.25, 0.3) is 0 Å². The number of amides is 2. The van der Waals surface area contributed by atoms with Crippen molar-refractivity contribution in [1.29, 1.82) is 0 Å². The molecule has 1 atom stereocenters. The third kappa shape index (κ3) is 4.29. The topological polar surface area (TPSA) is 41.6 Å². The zero-order chi connectivity index (χ0) is 16.8. The monoisotopic (exact) mass is 330 g/mol. The fourth-order valence-electron chi connectivity index (χ4n) is 4.06. The summed E-state index contributed by atoms with van der Waals surface area (Å²) in [6.45, 7) is 5.32. The van der Waals surface area contributed by atoms with Gasteiger partial charge < -0.3 is 15.0 Å². The van der Waals surface area contributed by atoms with Gasteiger partial charge in [0.05, 0.1) is 5.60 Å². The molecule has 0 radical (unpaired) electrons. The molecule has 2 heterocycles. The van der Waals surface area contributed by atoms with Crippen LogP contribution in [-0.2, 0) is 11.2 Å². The molecule has 1 spiro atoms. The van der Waals surface area contributed by atoms with E-state index in [0.717, 1.165) is 64.8 Å². The van der Waals surface area contributed by atoms with E-state index in [1.165, 1.54) is 5.56 Å². The zero-order valence-corrected chi connectivity index (χ0v) is 14.8. The molecule has 132 valence electrons. The molecule has 2 amide bonds. The lowest BCUT2D eigenvalue weighted by Gasteiger charge is -2.46. The standard InChI is InChI=1S/C20H30N2O2/c1-2-11-21-19(23)22-12-9-20(10-13-22)16-18(8-14-24-20)15-17-6-4-3-5-7-17/h3-7,18H,2,8-16H2,1H3,(H,21,23).